The van der Waals surface area contributed by atoms with Gasteiger partial charge in [-0.15, -0.1) is 0 Å². The van der Waals surface area contributed by atoms with Gasteiger partial charge in [-0.1, -0.05) is 13.8 Å². The van der Waals surface area contributed by atoms with E-state index in [0.717, 1.165) is 12.8 Å². The van der Waals surface area contributed by atoms with Crippen LogP contribution < -0.4 is 4.74 Å². The van der Waals surface area contributed by atoms with E-state index >= 15 is 0 Å². The van der Waals surface area contributed by atoms with Crippen LogP contribution in [0.3, 0.4) is 0 Å². The zero-order chi connectivity index (χ0) is 11.8. The van der Waals surface area contributed by atoms with Crippen molar-refractivity contribution in [2.45, 2.75) is 38.9 Å². The van der Waals surface area contributed by atoms with Gasteiger partial charge in [0.15, 0.2) is 0 Å². The van der Waals surface area contributed by atoms with Gasteiger partial charge in [-0.05, 0) is 42.5 Å². The van der Waals surface area contributed by atoms with Crippen molar-refractivity contribution in [2.75, 3.05) is 0 Å². The number of halogens is 1. The van der Waals surface area contributed by atoms with Gasteiger partial charge in [-0.2, -0.15) is 0 Å². The van der Waals surface area contributed by atoms with Gasteiger partial charge in [-0.25, -0.2) is 4.39 Å². The Morgan fingerprint density at radius 2 is 1.94 bits per heavy atom. The monoisotopic (exact) mass is 224 g/mol. The Kier molecular flexibility index (Phi) is 2.89. The van der Waals surface area contributed by atoms with Crippen LogP contribution in [0.5, 0.6) is 5.75 Å². The van der Waals surface area contributed by atoms with Crippen molar-refractivity contribution in [2.24, 2.45) is 5.41 Å². The molecule has 3 heteroatoms. The normalized spacial score (nSPS) is 28.0. The average Bonchev–Trinajstić information content (AvgIpc) is 2.49. The van der Waals surface area contributed by atoms with E-state index < -0.39 is 6.10 Å². The van der Waals surface area contributed by atoms with Crippen molar-refractivity contribution < 1.29 is 14.2 Å². The van der Waals surface area contributed by atoms with Gasteiger partial charge in [-0.3, -0.25) is 0 Å². The lowest BCUT2D eigenvalue weighted by Gasteiger charge is -2.25. The number of aliphatic hydroxyl groups excluding tert-OH is 1. The molecule has 0 amide bonds. The van der Waals surface area contributed by atoms with E-state index in [0.29, 0.717) is 5.75 Å². The molecule has 0 radical (unpaired) electrons. The number of rotatable bonds is 2. The summed E-state index contributed by atoms with van der Waals surface area (Å²) in [5.41, 5.74) is -0.0926. The molecule has 1 fully saturated rings. The molecule has 88 valence electrons. The van der Waals surface area contributed by atoms with Crippen molar-refractivity contribution in [1.82, 2.24) is 0 Å². The van der Waals surface area contributed by atoms with Crippen molar-refractivity contribution in [1.29, 1.82) is 0 Å². The molecular weight excluding hydrogens is 207 g/mol. The molecule has 0 saturated heterocycles. The summed E-state index contributed by atoms with van der Waals surface area (Å²) in [6.45, 7) is 4.07. The van der Waals surface area contributed by atoms with Crippen LogP contribution in [0.2, 0.25) is 0 Å². The molecule has 2 atom stereocenters. The third-order valence-electron chi connectivity index (χ3n) is 3.33. The Hall–Kier alpha value is -1.09. The molecule has 0 bridgehead atoms. The van der Waals surface area contributed by atoms with Crippen LogP contribution in [0.25, 0.3) is 0 Å². The number of aliphatic hydroxyl groups is 1. The molecule has 1 aliphatic carbocycles. The zero-order valence-electron chi connectivity index (χ0n) is 9.61. The lowest BCUT2D eigenvalue weighted by molar-refractivity contribution is 0.00490. The Bertz CT molecular complexity index is 359. The largest absolute Gasteiger partial charge is 0.488 e. The van der Waals surface area contributed by atoms with Crippen LogP contribution in [0.4, 0.5) is 4.39 Å². The predicted molar refractivity (Wildman–Crippen MR) is 59.8 cm³/mol. The van der Waals surface area contributed by atoms with Gasteiger partial charge in [0, 0.05) is 0 Å². The zero-order valence-corrected chi connectivity index (χ0v) is 9.61. The minimum atomic E-state index is -0.461. The van der Waals surface area contributed by atoms with Gasteiger partial charge in [0.2, 0.25) is 0 Å². The summed E-state index contributed by atoms with van der Waals surface area (Å²) >= 11 is 0. The third-order valence-corrected chi connectivity index (χ3v) is 3.33. The molecule has 1 aromatic carbocycles. The summed E-state index contributed by atoms with van der Waals surface area (Å²) in [4.78, 5) is 0. The molecule has 2 unspecified atom stereocenters. The second-order valence-electron chi connectivity index (χ2n) is 5.08. The van der Waals surface area contributed by atoms with Crippen molar-refractivity contribution in [3.8, 4) is 5.75 Å². The van der Waals surface area contributed by atoms with Crippen LogP contribution in [0.1, 0.15) is 26.7 Å². The highest BCUT2D eigenvalue weighted by Crippen LogP contribution is 2.39. The molecule has 1 saturated carbocycles. The Morgan fingerprint density at radius 3 is 2.44 bits per heavy atom. The highest BCUT2D eigenvalue weighted by atomic mass is 19.1. The number of ether oxygens (including phenoxy) is 1. The van der Waals surface area contributed by atoms with E-state index in [2.05, 4.69) is 0 Å². The molecule has 2 nitrogen and oxygen atoms in total. The van der Waals surface area contributed by atoms with Crippen molar-refractivity contribution in [3.63, 3.8) is 0 Å². The molecule has 0 heterocycles. The maximum atomic E-state index is 12.7. The molecule has 1 aliphatic rings. The van der Waals surface area contributed by atoms with Crippen LogP contribution >= 0.6 is 0 Å². The summed E-state index contributed by atoms with van der Waals surface area (Å²) in [6, 6.07) is 5.91. The molecule has 0 spiro atoms. The maximum Gasteiger partial charge on any atom is 0.125 e. The van der Waals surface area contributed by atoms with Gasteiger partial charge in [0.25, 0.3) is 0 Å². The molecule has 0 aromatic heterocycles. The standard InChI is InChI=1S/C13H17FO2/c1-13(2)8-7-11(12(13)15)16-10-5-3-9(14)4-6-10/h3-6,11-12,15H,7-8H2,1-2H3. The van der Waals surface area contributed by atoms with E-state index in [1.165, 1.54) is 12.1 Å². The summed E-state index contributed by atoms with van der Waals surface area (Å²) in [6.07, 6.45) is 1.14. The van der Waals surface area contributed by atoms with Crippen LogP contribution in [-0.2, 0) is 0 Å². The van der Waals surface area contributed by atoms with Crippen LogP contribution in [0.15, 0.2) is 24.3 Å². The summed E-state index contributed by atoms with van der Waals surface area (Å²) < 4.78 is 18.4. The van der Waals surface area contributed by atoms with E-state index in [9.17, 15) is 9.50 Å². The van der Waals surface area contributed by atoms with E-state index in [-0.39, 0.29) is 17.3 Å². The smallest absolute Gasteiger partial charge is 0.125 e. The fourth-order valence-corrected chi connectivity index (χ4v) is 2.13. The first-order valence-electron chi connectivity index (χ1n) is 5.59. The molecule has 0 aliphatic heterocycles. The first kappa shape index (κ1) is 11.4. The SMILES string of the molecule is CC1(C)CCC(Oc2ccc(F)cc2)C1O. The maximum absolute atomic E-state index is 12.7. The van der Waals surface area contributed by atoms with E-state index in [1.807, 2.05) is 13.8 Å². The summed E-state index contributed by atoms with van der Waals surface area (Å²) in [5.74, 6) is 0.336. The second kappa shape index (κ2) is 4.06. The molecule has 2 rings (SSSR count). The lowest BCUT2D eigenvalue weighted by Crippen LogP contribution is -2.34. The fourth-order valence-electron chi connectivity index (χ4n) is 2.13. The van der Waals surface area contributed by atoms with Crippen molar-refractivity contribution in [3.05, 3.63) is 30.1 Å². The second-order valence-corrected chi connectivity index (χ2v) is 5.08. The first-order chi connectivity index (χ1) is 7.49. The molecular formula is C13H17FO2. The van der Waals surface area contributed by atoms with Gasteiger partial charge < -0.3 is 9.84 Å². The molecule has 1 aromatic rings. The Morgan fingerprint density at radius 1 is 1.31 bits per heavy atom. The van der Waals surface area contributed by atoms with Gasteiger partial charge in [0.1, 0.15) is 17.7 Å². The lowest BCUT2D eigenvalue weighted by atomic mass is 9.89. The first-order valence-corrected chi connectivity index (χ1v) is 5.59. The average molecular weight is 224 g/mol. The topological polar surface area (TPSA) is 29.5 Å². The number of benzene rings is 1. The molecule has 1 N–H and O–H groups in total. The highest BCUT2D eigenvalue weighted by Gasteiger charge is 2.42. The quantitative estimate of drug-likeness (QED) is 0.837. The predicted octanol–water partition coefficient (Wildman–Crippen LogP) is 2.75. The fraction of sp³-hybridized carbons (Fsp3) is 0.538. The summed E-state index contributed by atoms with van der Waals surface area (Å²) in [5, 5.41) is 10.0. The van der Waals surface area contributed by atoms with E-state index in [1.54, 1.807) is 12.1 Å². The Balaban J connectivity index is 2.04. The highest BCUT2D eigenvalue weighted by molar-refractivity contribution is 5.22. The van der Waals surface area contributed by atoms with Crippen molar-refractivity contribution >= 4 is 0 Å². The van der Waals surface area contributed by atoms with Crippen LogP contribution in [0, 0.1) is 11.2 Å². The summed E-state index contributed by atoms with van der Waals surface area (Å²) in [7, 11) is 0. The minimum absolute atomic E-state index is 0.0926. The third kappa shape index (κ3) is 2.19. The van der Waals surface area contributed by atoms with Crippen LogP contribution in [-0.4, -0.2) is 17.3 Å². The number of hydrogen-bond donors (Lipinski definition) is 1. The minimum Gasteiger partial charge on any atom is -0.488 e. The molecule has 16 heavy (non-hydrogen) atoms. The van der Waals surface area contributed by atoms with Gasteiger partial charge in [0.05, 0.1) is 6.10 Å². The van der Waals surface area contributed by atoms with E-state index in [4.69, 9.17) is 4.74 Å². The number of hydrogen-bond acceptors (Lipinski definition) is 2. The van der Waals surface area contributed by atoms with Gasteiger partial charge >= 0.3 is 0 Å². The Labute approximate surface area is 95.1 Å².